The highest BCUT2D eigenvalue weighted by molar-refractivity contribution is 7.86. The number of hydrogen-bond acceptors (Lipinski definition) is 17. The number of anilines is 1. The molecule has 3 saturated heterocycles. The van der Waals surface area contributed by atoms with Crippen LogP contribution in [-0.2, 0) is 75.7 Å². The highest BCUT2D eigenvalue weighted by atomic mass is 32.2. The third kappa shape index (κ3) is 18.1. The molecular weight excluding hydrogens is 1340 g/mol. The molecule has 9 rings (SSSR count). The number of hydrogen-bond donors (Lipinski definition) is 8. The molecule has 1 unspecified atom stereocenters. The van der Waals surface area contributed by atoms with Gasteiger partial charge in [0, 0.05) is 90.7 Å². The summed E-state index contributed by atoms with van der Waals surface area (Å²) in [6, 6.07) is 14.3. The second-order valence-corrected chi connectivity index (χ2v) is 27.2. The predicted octanol–water partition coefficient (Wildman–Crippen LogP) is 3.55. The number of benzene rings is 4. The van der Waals surface area contributed by atoms with Crippen molar-refractivity contribution in [1.82, 2.24) is 36.6 Å². The number of nitrogens with one attached hydrogen (secondary N) is 6. The number of carbonyl (C=O) groups excluding carboxylic acids is 7. The van der Waals surface area contributed by atoms with Crippen molar-refractivity contribution in [2.45, 2.75) is 152 Å². The minimum absolute atomic E-state index is 0. The van der Waals surface area contributed by atoms with E-state index in [1.54, 1.807) is 12.1 Å². The molecule has 96 heavy (non-hydrogen) atoms. The largest absolute Gasteiger partial charge is 0.425 e. The van der Waals surface area contributed by atoms with Gasteiger partial charge in [-0.15, -0.1) is 25.3 Å². The Balaban J connectivity index is 0.00000153. The van der Waals surface area contributed by atoms with Gasteiger partial charge >= 0.3 is 21.2 Å². The number of amides is 6. The number of unbranched alkanes of at least 4 members (excludes halogenated alkanes) is 1. The molecule has 0 radical (unpaired) electrons. The Morgan fingerprint density at radius 2 is 1.48 bits per heavy atom. The highest BCUT2D eigenvalue weighted by Crippen LogP contribution is 2.51. The number of rotatable bonds is 18. The zero-order valence-electron chi connectivity index (χ0n) is 54.3. The maximum atomic E-state index is 14.7. The first kappa shape index (κ1) is 76.8. The minimum atomic E-state index is -4.55. The number of fused-ring (bicyclic) bond motifs is 7. The summed E-state index contributed by atoms with van der Waals surface area (Å²) in [5, 5.41) is 19.9. The summed E-state index contributed by atoms with van der Waals surface area (Å²) in [5.74, 6) is -4.55. The first-order valence-electron chi connectivity index (χ1n) is 30.9. The SMILES string of the molecule is CCN1C(=CC=CC=CC2=[N+](CCCCC(=O)NC[C@@H]3C[C@@H]4CC[C@H]5C(=O)N[C@@H](CCCN=C(N)NP)C(=O)NCC(=O)N[C@@H](CC(C)=O)C(=O)N[C@H]3C(=O)N45)c3ccc4c(S(=O)(=O)O)cccc4c3C2(C)C)C(C)(C)c2c1ccc1c(C)cccc21.O=S(=O)=O.O=S(=O)=O.S. The van der Waals surface area contributed by atoms with E-state index in [0.29, 0.717) is 49.4 Å². The molecule has 32 heteroatoms. The van der Waals surface area contributed by atoms with E-state index in [1.165, 1.54) is 51.2 Å². The van der Waals surface area contributed by atoms with Gasteiger partial charge in [0.2, 0.25) is 41.1 Å². The van der Waals surface area contributed by atoms with Crippen molar-refractivity contribution in [3.05, 3.63) is 113 Å². The van der Waals surface area contributed by atoms with Gasteiger partial charge in [0.1, 0.15) is 41.4 Å². The van der Waals surface area contributed by atoms with Crippen molar-refractivity contribution < 1.29 is 76.4 Å². The summed E-state index contributed by atoms with van der Waals surface area (Å²) in [6.07, 6.45) is 12.6. The van der Waals surface area contributed by atoms with Gasteiger partial charge in [-0.1, -0.05) is 68.5 Å². The zero-order chi connectivity index (χ0) is 69.9. The number of piperidine rings is 1. The minimum Gasteiger partial charge on any atom is -0.370 e. The summed E-state index contributed by atoms with van der Waals surface area (Å²) in [7, 11) is -8.54. The quantitative estimate of drug-likeness (QED) is 0.0134. The van der Waals surface area contributed by atoms with Crippen molar-refractivity contribution in [1.29, 1.82) is 0 Å². The van der Waals surface area contributed by atoms with Gasteiger partial charge in [0.25, 0.3) is 10.1 Å². The van der Waals surface area contributed by atoms with E-state index < -0.39 is 121 Å². The van der Waals surface area contributed by atoms with Crippen LogP contribution in [0.5, 0.6) is 0 Å². The van der Waals surface area contributed by atoms with Crippen LogP contribution in [0.1, 0.15) is 116 Å². The lowest BCUT2D eigenvalue weighted by atomic mass is 9.79. The van der Waals surface area contributed by atoms with Crippen LogP contribution in [0.15, 0.2) is 107 Å². The first-order chi connectivity index (χ1) is 44.8. The molecule has 5 aliphatic heterocycles. The summed E-state index contributed by atoms with van der Waals surface area (Å²) < 4.78 is 88.4. The maximum absolute atomic E-state index is 14.7. The van der Waals surface area contributed by atoms with Crippen LogP contribution in [0.3, 0.4) is 0 Å². The van der Waals surface area contributed by atoms with Gasteiger partial charge in [-0.05, 0) is 134 Å². The number of likely N-dealkylation sites (N-methyl/N-ethyl adjacent to an activating group) is 1. The van der Waals surface area contributed by atoms with Crippen molar-refractivity contribution >= 4 is 140 Å². The van der Waals surface area contributed by atoms with E-state index >= 15 is 0 Å². The van der Waals surface area contributed by atoms with Gasteiger partial charge in [-0.2, -0.15) is 26.5 Å². The van der Waals surface area contributed by atoms with Crippen LogP contribution < -0.4 is 42.3 Å². The second kappa shape index (κ2) is 33.2. The summed E-state index contributed by atoms with van der Waals surface area (Å²) >= 11 is 0. The molecule has 7 atom stereocenters. The van der Waals surface area contributed by atoms with Gasteiger partial charge in [0.05, 0.1) is 12.0 Å². The lowest BCUT2D eigenvalue weighted by molar-refractivity contribution is -0.438. The predicted molar refractivity (Wildman–Crippen MR) is 369 cm³/mol. The molecule has 2 bridgehead atoms. The van der Waals surface area contributed by atoms with Crippen molar-refractivity contribution in [2.24, 2.45) is 16.6 Å². The molecule has 9 N–H and O–H groups in total. The highest BCUT2D eigenvalue weighted by Gasteiger charge is 2.51. The smallest absolute Gasteiger partial charge is 0.370 e. The fourth-order valence-electron chi connectivity index (χ4n) is 13.7. The number of nitrogens with two attached hydrogens (primary N) is 1. The molecule has 6 amide bonds. The number of allylic oxidation sites excluding steroid dienone is 6. The number of Topliss-reactive ketones (excluding diaryl/α,β-unsaturated/α-hetero) is 1. The van der Waals surface area contributed by atoms with Crippen molar-refractivity contribution in [3.8, 4) is 0 Å². The lowest BCUT2D eigenvalue weighted by Crippen LogP contribution is -2.65. The average Bonchev–Trinajstić information content (AvgIpc) is 1.56. The number of nitrogens with zero attached hydrogens (tertiary/aromatic N) is 4. The molecular formula is C64H83N11O16PS4+. The van der Waals surface area contributed by atoms with Crippen LogP contribution in [0, 0.1) is 12.8 Å². The number of carbonyl (C=O) groups is 7. The second-order valence-electron chi connectivity index (χ2n) is 24.7. The van der Waals surface area contributed by atoms with E-state index in [9.17, 15) is 46.5 Å². The Hall–Kier alpha value is -8.22. The Kier molecular flexibility index (Phi) is 26.5. The maximum Gasteiger partial charge on any atom is 0.425 e. The molecule has 518 valence electrons. The number of guanidine groups is 1. The topological polar surface area (TPSA) is 396 Å². The zero-order valence-corrected chi connectivity index (χ0v) is 58.9. The molecule has 4 aromatic rings. The number of aliphatic imine (C=N–C) groups is 1. The first-order valence-corrected chi connectivity index (χ1v) is 35.0. The summed E-state index contributed by atoms with van der Waals surface area (Å²) in [5.41, 5.74) is 12.5. The van der Waals surface area contributed by atoms with Crippen molar-refractivity contribution in [2.75, 3.05) is 37.6 Å². The van der Waals surface area contributed by atoms with E-state index in [-0.39, 0.29) is 68.0 Å². The molecule has 27 nitrogen and oxygen atoms in total. The number of ketones is 1. The van der Waals surface area contributed by atoms with Gasteiger partial charge in [-0.3, -0.25) is 43.1 Å². The third-order valence-electron chi connectivity index (χ3n) is 17.8. The van der Waals surface area contributed by atoms with Gasteiger partial charge < -0.3 is 47.2 Å². The molecule has 3 fully saturated rings. The average molecular weight is 1420 g/mol. The lowest BCUT2D eigenvalue weighted by Gasteiger charge is -2.42. The van der Waals surface area contributed by atoms with Crippen LogP contribution in [0.2, 0.25) is 0 Å². The fourth-order valence-corrected chi connectivity index (χ4v) is 14.5. The Morgan fingerprint density at radius 1 is 0.812 bits per heavy atom. The van der Waals surface area contributed by atoms with Crippen molar-refractivity contribution in [3.63, 3.8) is 0 Å². The molecule has 0 aliphatic carbocycles. The normalized spacial score (nSPS) is 21.9. The van der Waals surface area contributed by atoms with E-state index in [2.05, 4.69) is 146 Å². The van der Waals surface area contributed by atoms with Crippen LogP contribution in [0.4, 0.5) is 11.4 Å². The van der Waals surface area contributed by atoms with Crippen LogP contribution in [-0.4, -0.2) is 164 Å². The summed E-state index contributed by atoms with van der Waals surface area (Å²) in [6.45, 7) is 15.2. The van der Waals surface area contributed by atoms with E-state index in [0.717, 1.165) is 23.5 Å². The molecule has 0 spiro atoms. The molecule has 4 aromatic carbocycles. The molecule has 0 aromatic heterocycles. The third-order valence-corrected chi connectivity index (χ3v) is 19.0. The van der Waals surface area contributed by atoms with Gasteiger partial charge in [0.15, 0.2) is 11.7 Å². The molecule has 5 heterocycles. The fraction of sp³-hybridized carbons (Fsp3) is 0.453. The summed E-state index contributed by atoms with van der Waals surface area (Å²) in [4.78, 5) is 104. The Morgan fingerprint density at radius 3 is 2.14 bits per heavy atom. The molecule has 5 aliphatic rings. The molecule has 0 saturated carbocycles. The Labute approximate surface area is 569 Å². The number of aryl methyl sites for hydroxylation is 1. The monoisotopic (exact) mass is 1420 g/mol. The van der Waals surface area contributed by atoms with E-state index in [1.807, 2.05) is 24.3 Å². The van der Waals surface area contributed by atoms with Crippen LogP contribution >= 0.6 is 22.9 Å². The Bertz CT molecular complexity index is 4200. The van der Waals surface area contributed by atoms with Crippen LogP contribution in [0.25, 0.3) is 21.5 Å². The standard InChI is InChI=1S/C64H80N11O10PS.2O3S.H2S/c1-8-73-47-29-26-41-37(2)17-14-18-43(41)55(47)63(4,5)51(73)22-10-9-11-23-52-64(6,7)56-44-19-15-21-50(87(83,84)85)42(44)27-30-48(56)74(52)32-13-12-24-53(77)67-35-39-34-40-25-28-49-60(81)70-45(20-16-31-66-62(65)72-86)58(79)68-36-54(78)69-46(33-38(3)76)59(80)71-57(39)61(82)75(40)49;2*1-4(2)3;/h9-11,14-15,17-19,21-23,26-27,29-30,39-40,45-46,49,57H,8,12-13,16,20,24-25,28,31-36,86H2,1-7H3,(H8-,65,66,67,68,69,70,71,72,77,78,79,80,81,83,84,85);;;1H2/p+1/t39-,40-,45-,46-,49-,57+;;;/m0.../s1. The van der Waals surface area contributed by atoms with Gasteiger partial charge in [-0.25, -0.2) is 0 Å². The van der Waals surface area contributed by atoms with E-state index in [4.69, 9.17) is 31.0 Å².